The van der Waals surface area contributed by atoms with Gasteiger partial charge in [0.2, 0.25) is 5.91 Å². The van der Waals surface area contributed by atoms with E-state index < -0.39 is 11.7 Å². The predicted molar refractivity (Wildman–Crippen MR) is 131 cm³/mol. The molecular formula is C27H37F3N2O. The maximum atomic E-state index is 12.8. The van der Waals surface area contributed by atoms with E-state index in [1.807, 2.05) is 48.5 Å². The van der Waals surface area contributed by atoms with Crippen LogP contribution in [0.25, 0.3) is 0 Å². The molecule has 0 saturated carbocycles. The number of aryl methyl sites for hydroxylation is 1. The molecule has 0 fully saturated rings. The summed E-state index contributed by atoms with van der Waals surface area (Å²) < 4.78 is 38.5. The standard InChI is InChI=1S/C25H31F3N2O.C2H6/c1-16-13-21-20(17(2)23(16)29-22(31)14-24(3,4)5)7-6-12-30(21)15-18-8-10-19(11-9-18)25(26,27)28;1-2/h8-11,13H,6-7,12,14-15H2,1-5H3,(H,29,31);1-2H3. The number of nitrogens with one attached hydrogen (secondary N) is 1. The fraction of sp³-hybridized carbons (Fsp3) is 0.519. The van der Waals surface area contributed by atoms with Gasteiger partial charge in [-0.2, -0.15) is 13.2 Å². The van der Waals surface area contributed by atoms with Crippen LogP contribution in [0.3, 0.4) is 0 Å². The molecule has 0 radical (unpaired) electrons. The zero-order chi connectivity index (χ0) is 25.0. The van der Waals surface area contributed by atoms with Crippen molar-refractivity contribution in [2.45, 2.75) is 80.4 Å². The van der Waals surface area contributed by atoms with Crippen molar-refractivity contribution in [2.75, 3.05) is 16.8 Å². The van der Waals surface area contributed by atoms with Crippen LogP contribution in [0.1, 0.15) is 75.3 Å². The van der Waals surface area contributed by atoms with E-state index in [9.17, 15) is 18.0 Å². The number of carbonyl (C=O) groups is 1. The molecule has 6 heteroatoms. The van der Waals surface area contributed by atoms with Gasteiger partial charge in [-0.25, -0.2) is 0 Å². The first-order valence-electron chi connectivity index (χ1n) is 11.7. The summed E-state index contributed by atoms with van der Waals surface area (Å²) in [6.07, 6.45) is -1.98. The van der Waals surface area contributed by atoms with Gasteiger partial charge in [-0.15, -0.1) is 0 Å². The van der Waals surface area contributed by atoms with E-state index in [0.717, 1.165) is 59.6 Å². The Morgan fingerprint density at radius 1 is 1.06 bits per heavy atom. The average molecular weight is 463 g/mol. The largest absolute Gasteiger partial charge is 0.416 e. The van der Waals surface area contributed by atoms with Crippen LogP contribution in [-0.2, 0) is 23.9 Å². The van der Waals surface area contributed by atoms with Gasteiger partial charge in [0, 0.05) is 30.9 Å². The van der Waals surface area contributed by atoms with Crippen molar-refractivity contribution in [3.8, 4) is 0 Å². The zero-order valence-electron chi connectivity index (χ0n) is 20.9. The molecule has 1 aliphatic rings. The van der Waals surface area contributed by atoms with E-state index in [1.54, 1.807) is 12.1 Å². The summed E-state index contributed by atoms with van der Waals surface area (Å²) in [5.41, 5.74) is 5.40. The van der Waals surface area contributed by atoms with Crippen molar-refractivity contribution in [1.82, 2.24) is 0 Å². The summed E-state index contributed by atoms with van der Waals surface area (Å²) in [6.45, 7) is 15.6. The quantitative estimate of drug-likeness (QED) is 0.505. The van der Waals surface area contributed by atoms with Gasteiger partial charge in [0.15, 0.2) is 0 Å². The minimum atomic E-state index is -4.32. The molecule has 1 amide bonds. The minimum absolute atomic E-state index is 0.0102. The SMILES string of the molecule is CC.Cc1cc2c(c(C)c1NC(=O)CC(C)(C)C)CCCN2Cc1ccc(C(F)(F)F)cc1. The highest BCUT2D eigenvalue weighted by atomic mass is 19.4. The Labute approximate surface area is 196 Å². The highest BCUT2D eigenvalue weighted by Gasteiger charge is 2.30. The van der Waals surface area contributed by atoms with Crippen LogP contribution in [0.5, 0.6) is 0 Å². The number of fused-ring (bicyclic) bond motifs is 1. The number of alkyl halides is 3. The van der Waals surface area contributed by atoms with Crippen molar-refractivity contribution in [3.63, 3.8) is 0 Å². The number of anilines is 2. The van der Waals surface area contributed by atoms with Crippen molar-refractivity contribution < 1.29 is 18.0 Å². The topological polar surface area (TPSA) is 32.3 Å². The lowest BCUT2D eigenvalue weighted by Gasteiger charge is -2.34. The molecule has 1 N–H and O–H groups in total. The van der Waals surface area contributed by atoms with Crippen LogP contribution in [0.4, 0.5) is 24.5 Å². The molecule has 33 heavy (non-hydrogen) atoms. The number of rotatable bonds is 4. The molecule has 1 aliphatic heterocycles. The Morgan fingerprint density at radius 2 is 1.67 bits per heavy atom. The first kappa shape index (κ1) is 26.7. The van der Waals surface area contributed by atoms with E-state index >= 15 is 0 Å². The number of carbonyl (C=O) groups excluding carboxylic acids is 1. The summed E-state index contributed by atoms with van der Waals surface area (Å²) in [4.78, 5) is 14.7. The number of halogens is 3. The monoisotopic (exact) mass is 462 g/mol. The van der Waals surface area contributed by atoms with Gasteiger partial charge in [0.25, 0.3) is 0 Å². The average Bonchev–Trinajstić information content (AvgIpc) is 2.72. The van der Waals surface area contributed by atoms with Crippen molar-refractivity contribution >= 4 is 17.3 Å². The molecule has 1 heterocycles. The lowest BCUT2D eigenvalue weighted by atomic mass is 9.90. The Bertz CT molecular complexity index is 957. The number of amides is 1. The van der Waals surface area contributed by atoms with Gasteiger partial charge >= 0.3 is 6.18 Å². The second-order valence-electron chi connectivity index (χ2n) is 9.70. The fourth-order valence-corrected chi connectivity index (χ4v) is 4.21. The van der Waals surface area contributed by atoms with Crippen molar-refractivity contribution in [2.24, 2.45) is 5.41 Å². The normalized spacial score (nSPS) is 13.7. The van der Waals surface area contributed by atoms with Gasteiger partial charge in [-0.3, -0.25) is 4.79 Å². The van der Waals surface area contributed by atoms with Gasteiger partial charge < -0.3 is 10.2 Å². The highest BCUT2D eigenvalue weighted by molar-refractivity contribution is 5.93. The van der Waals surface area contributed by atoms with Gasteiger partial charge in [-0.05, 0) is 72.6 Å². The van der Waals surface area contributed by atoms with Crippen molar-refractivity contribution in [1.29, 1.82) is 0 Å². The third kappa shape index (κ3) is 6.99. The number of hydrogen-bond donors (Lipinski definition) is 1. The zero-order valence-corrected chi connectivity index (χ0v) is 20.9. The summed E-state index contributed by atoms with van der Waals surface area (Å²) in [5.74, 6) is 0.0102. The maximum absolute atomic E-state index is 12.8. The molecule has 3 rings (SSSR count). The molecule has 182 valence electrons. The Hall–Kier alpha value is -2.50. The number of hydrogen-bond acceptors (Lipinski definition) is 2. The van der Waals surface area contributed by atoms with E-state index in [4.69, 9.17) is 0 Å². The van der Waals surface area contributed by atoms with Crippen LogP contribution in [0.15, 0.2) is 30.3 Å². The summed E-state index contributed by atoms with van der Waals surface area (Å²) in [6, 6.07) is 7.49. The maximum Gasteiger partial charge on any atom is 0.416 e. The van der Waals surface area contributed by atoms with E-state index in [0.29, 0.717) is 13.0 Å². The van der Waals surface area contributed by atoms with E-state index in [1.165, 1.54) is 5.56 Å². The summed E-state index contributed by atoms with van der Waals surface area (Å²) >= 11 is 0. The molecule has 0 unspecified atom stereocenters. The fourth-order valence-electron chi connectivity index (χ4n) is 4.21. The Morgan fingerprint density at radius 3 is 2.21 bits per heavy atom. The molecule has 2 aromatic rings. The molecule has 2 aromatic carbocycles. The molecule has 0 aromatic heterocycles. The number of nitrogens with zero attached hydrogens (tertiary/aromatic N) is 1. The molecule has 0 spiro atoms. The molecule has 3 nitrogen and oxygen atoms in total. The van der Waals surface area contributed by atoms with E-state index in [2.05, 4.69) is 16.3 Å². The smallest absolute Gasteiger partial charge is 0.367 e. The molecule has 0 aliphatic carbocycles. The molecule has 0 bridgehead atoms. The minimum Gasteiger partial charge on any atom is -0.367 e. The molecule has 0 atom stereocenters. The Kier molecular flexibility index (Phi) is 8.61. The molecule has 0 saturated heterocycles. The second kappa shape index (κ2) is 10.6. The third-order valence-corrected chi connectivity index (χ3v) is 5.69. The first-order chi connectivity index (χ1) is 15.3. The van der Waals surface area contributed by atoms with Gasteiger partial charge in [0.05, 0.1) is 5.56 Å². The van der Waals surface area contributed by atoms with Gasteiger partial charge in [-0.1, -0.05) is 46.8 Å². The first-order valence-corrected chi connectivity index (χ1v) is 11.7. The highest BCUT2D eigenvalue weighted by Crippen LogP contribution is 2.37. The molecular weight excluding hydrogens is 425 g/mol. The third-order valence-electron chi connectivity index (χ3n) is 5.69. The van der Waals surface area contributed by atoms with Crippen LogP contribution in [-0.4, -0.2) is 12.5 Å². The lowest BCUT2D eigenvalue weighted by molar-refractivity contribution is -0.137. The van der Waals surface area contributed by atoms with Gasteiger partial charge in [0.1, 0.15) is 0 Å². The van der Waals surface area contributed by atoms with Crippen LogP contribution < -0.4 is 10.2 Å². The summed E-state index contributed by atoms with van der Waals surface area (Å²) in [7, 11) is 0. The lowest BCUT2D eigenvalue weighted by Crippen LogP contribution is -2.30. The Balaban J connectivity index is 0.00000187. The second-order valence-corrected chi connectivity index (χ2v) is 9.70. The van der Waals surface area contributed by atoms with Crippen LogP contribution in [0.2, 0.25) is 0 Å². The predicted octanol–water partition coefficient (Wildman–Crippen LogP) is 7.68. The number of benzene rings is 2. The van der Waals surface area contributed by atoms with Crippen molar-refractivity contribution in [3.05, 3.63) is 58.1 Å². The van der Waals surface area contributed by atoms with Crippen LogP contribution >= 0.6 is 0 Å². The van der Waals surface area contributed by atoms with E-state index in [-0.39, 0.29) is 11.3 Å². The van der Waals surface area contributed by atoms with Crippen LogP contribution in [0, 0.1) is 19.3 Å². The summed E-state index contributed by atoms with van der Waals surface area (Å²) in [5, 5.41) is 3.11.